The van der Waals surface area contributed by atoms with E-state index < -0.39 is 5.72 Å². The largest absolute Gasteiger partial charge is 0.363 e. The number of imidazole rings is 1. The van der Waals surface area contributed by atoms with Crippen LogP contribution >= 0.6 is 0 Å². The van der Waals surface area contributed by atoms with Crippen LogP contribution in [0.15, 0.2) is 72.8 Å². The first-order valence-corrected chi connectivity index (χ1v) is 9.71. The Morgan fingerprint density at radius 3 is 2.66 bits per heavy atom. The fourth-order valence-corrected chi connectivity index (χ4v) is 4.38. The van der Waals surface area contributed by atoms with Gasteiger partial charge in [-0.1, -0.05) is 61.5 Å². The Kier molecular flexibility index (Phi) is 4.00. The standard InChI is InChI=1S/C24H20N3O2/c1-2-22(16-8-4-3-5-9-16)27-23(28)18-10-6-7-11-19(18)24(27,29)17-12-13-20-21(14-17)26-15-25-20/h3-14,22,29H,2H2,1H3,(H,25,26)/t22-,24?/m1/s1. The Morgan fingerprint density at radius 1 is 1.10 bits per heavy atom. The minimum absolute atomic E-state index is 0.174. The molecule has 1 aromatic heterocycles. The van der Waals surface area contributed by atoms with Gasteiger partial charge in [-0.25, -0.2) is 4.98 Å². The Labute approximate surface area is 168 Å². The lowest BCUT2D eigenvalue weighted by atomic mass is 9.91. The van der Waals surface area contributed by atoms with Crippen LogP contribution in [-0.4, -0.2) is 25.9 Å². The van der Waals surface area contributed by atoms with Crippen LogP contribution in [0.25, 0.3) is 11.0 Å². The predicted octanol–water partition coefficient (Wildman–Crippen LogP) is 4.16. The van der Waals surface area contributed by atoms with E-state index in [2.05, 4.69) is 16.3 Å². The third-order valence-corrected chi connectivity index (χ3v) is 5.75. The first-order valence-electron chi connectivity index (χ1n) is 9.71. The van der Waals surface area contributed by atoms with E-state index in [1.165, 1.54) is 0 Å². The summed E-state index contributed by atoms with van der Waals surface area (Å²) in [5.41, 5.74) is 2.66. The maximum absolute atomic E-state index is 13.5. The third-order valence-electron chi connectivity index (χ3n) is 5.75. The molecule has 4 aromatic rings. The quantitative estimate of drug-likeness (QED) is 0.557. The van der Waals surface area contributed by atoms with Gasteiger partial charge in [0, 0.05) is 16.7 Å². The summed E-state index contributed by atoms with van der Waals surface area (Å²) in [4.78, 5) is 22.3. The van der Waals surface area contributed by atoms with Crippen molar-refractivity contribution in [2.24, 2.45) is 0 Å². The molecule has 2 heterocycles. The van der Waals surface area contributed by atoms with E-state index >= 15 is 0 Å². The summed E-state index contributed by atoms with van der Waals surface area (Å²) in [5.74, 6) is -0.174. The molecule has 5 heteroatoms. The van der Waals surface area contributed by atoms with Crippen molar-refractivity contribution in [1.82, 2.24) is 14.9 Å². The molecule has 5 nitrogen and oxygen atoms in total. The summed E-state index contributed by atoms with van der Waals surface area (Å²) in [6, 6.07) is 22.4. The molecule has 0 saturated carbocycles. The van der Waals surface area contributed by atoms with Crippen molar-refractivity contribution in [3.8, 4) is 0 Å². The minimum Gasteiger partial charge on any atom is -0.363 e. The van der Waals surface area contributed by atoms with Crippen molar-refractivity contribution in [2.75, 3.05) is 0 Å². The Morgan fingerprint density at radius 2 is 1.86 bits per heavy atom. The van der Waals surface area contributed by atoms with E-state index in [0.717, 1.165) is 11.1 Å². The van der Waals surface area contributed by atoms with Gasteiger partial charge in [0.15, 0.2) is 12.1 Å². The summed E-state index contributed by atoms with van der Waals surface area (Å²) in [7, 11) is 0. The molecule has 1 unspecified atom stereocenters. The van der Waals surface area contributed by atoms with Crippen LogP contribution in [0.3, 0.4) is 0 Å². The topological polar surface area (TPSA) is 69.2 Å². The van der Waals surface area contributed by atoms with E-state index in [0.29, 0.717) is 28.6 Å². The summed E-state index contributed by atoms with van der Waals surface area (Å²) in [6.45, 7) is 2.03. The number of carbonyl (C=O) groups is 1. The summed E-state index contributed by atoms with van der Waals surface area (Å²) in [6.07, 6.45) is 3.40. The number of hydrogen-bond acceptors (Lipinski definition) is 3. The van der Waals surface area contributed by atoms with Crippen LogP contribution < -0.4 is 0 Å². The van der Waals surface area contributed by atoms with E-state index in [1.54, 1.807) is 11.0 Å². The Hall–Kier alpha value is -3.44. The highest BCUT2D eigenvalue weighted by Gasteiger charge is 2.52. The van der Waals surface area contributed by atoms with Crippen molar-refractivity contribution in [1.29, 1.82) is 0 Å². The molecule has 0 bridgehead atoms. The lowest BCUT2D eigenvalue weighted by Crippen LogP contribution is -2.46. The van der Waals surface area contributed by atoms with Gasteiger partial charge in [-0.15, -0.1) is 0 Å². The summed E-state index contributed by atoms with van der Waals surface area (Å²) < 4.78 is 0. The number of nitrogens with zero attached hydrogens (tertiary/aromatic N) is 2. The van der Waals surface area contributed by atoms with Gasteiger partial charge in [-0.3, -0.25) is 9.69 Å². The molecule has 3 aromatic carbocycles. The summed E-state index contributed by atoms with van der Waals surface area (Å²) >= 11 is 0. The van der Waals surface area contributed by atoms with Gasteiger partial charge in [0.2, 0.25) is 0 Å². The maximum Gasteiger partial charge on any atom is 0.257 e. The van der Waals surface area contributed by atoms with Crippen molar-refractivity contribution >= 4 is 16.9 Å². The molecular formula is C24H20N3O2. The maximum atomic E-state index is 13.5. The van der Waals surface area contributed by atoms with Crippen LogP contribution in [0.5, 0.6) is 0 Å². The molecule has 0 spiro atoms. The number of carbonyl (C=O) groups excluding carboxylic acids is 1. The van der Waals surface area contributed by atoms with Crippen molar-refractivity contribution in [3.05, 3.63) is 101 Å². The molecule has 0 fully saturated rings. The van der Waals surface area contributed by atoms with E-state index in [9.17, 15) is 9.90 Å². The number of fused-ring (bicyclic) bond motifs is 2. The number of hydrogen-bond donors (Lipinski definition) is 2. The molecule has 0 saturated heterocycles. The zero-order chi connectivity index (χ0) is 20.0. The van der Waals surface area contributed by atoms with Crippen molar-refractivity contribution in [3.63, 3.8) is 0 Å². The SMILES string of the molecule is CC[C@H](c1ccccc1)N1C(=O)c2ccccc2C1(O)c1ccc2[nH][c]nc2c1. The molecule has 2 N–H and O–H groups in total. The van der Waals surface area contributed by atoms with Crippen LogP contribution in [0, 0.1) is 6.33 Å². The fourth-order valence-electron chi connectivity index (χ4n) is 4.38. The molecule has 2 atom stereocenters. The lowest BCUT2D eigenvalue weighted by Gasteiger charge is -2.40. The first-order chi connectivity index (χ1) is 14.1. The molecule has 5 rings (SSSR count). The molecule has 1 amide bonds. The van der Waals surface area contributed by atoms with Gasteiger partial charge in [-0.05, 0) is 30.2 Å². The molecule has 1 aliphatic rings. The number of rotatable bonds is 4. The molecule has 1 aliphatic heterocycles. The van der Waals surface area contributed by atoms with Crippen LogP contribution in [-0.2, 0) is 5.72 Å². The lowest BCUT2D eigenvalue weighted by molar-refractivity contribution is -0.0715. The molecular weight excluding hydrogens is 362 g/mol. The monoisotopic (exact) mass is 382 g/mol. The number of aliphatic hydroxyl groups is 1. The van der Waals surface area contributed by atoms with Crippen LogP contribution in [0.1, 0.15) is 46.4 Å². The number of aromatic amines is 1. The van der Waals surface area contributed by atoms with Crippen molar-refractivity contribution in [2.45, 2.75) is 25.1 Å². The highest BCUT2D eigenvalue weighted by atomic mass is 16.3. The Bertz CT molecular complexity index is 1200. The molecule has 0 aliphatic carbocycles. The Balaban J connectivity index is 1.75. The fraction of sp³-hybridized carbons (Fsp3) is 0.167. The van der Waals surface area contributed by atoms with Crippen LogP contribution in [0.4, 0.5) is 0 Å². The third kappa shape index (κ3) is 2.51. The van der Waals surface area contributed by atoms with Gasteiger partial charge >= 0.3 is 0 Å². The smallest absolute Gasteiger partial charge is 0.257 e. The number of benzene rings is 3. The average molecular weight is 382 g/mol. The van der Waals surface area contributed by atoms with Gasteiger partial charge in [0.1, 0.15) is 0 Å². The van der Waals surface area contributed by atoms with Gasteiger partial charge in [-0.2, -0.15) is 0 Å². The number of aromatic nitrogens is 2. The minimum atomic E-state index is -1.59. The zero-order valence-corrected chi connectivity index (χ0v) is 16.0. The number of amides is 1. The predicted molar refractivity (Wildman–Crippen MR) is 110 cm³/mol. The summed E-state index contributed by atoms with van der Waals surface area (Å²) in [5, 5.41) is 12.2. The molecule has 143 valence electrons. The van der Waals surface area contributed by atoms with Crippen molar-refractivity contribution < 1.29 is 9.90 Å². The highest BCUT2D eigenvalue weighted by molar-refractivity contribution is 6.00. The normalized spacial score (nSPS) is 19.5. The second kappa shape index (κ2) is 6.57. The zero-order valence-electron chi connectivity index (χ0n) is 16.0. The van der Waals surface area contributed by atoms with E-state index in [-0.39, 0.29) is 11.9 Å². The number of H-pyrrole nitrogens is 1. The molecule has 1 radical (unpaired) electrons. The molecule has 29 heavy (non-hydrogen) atoms. The first kappa shape index (κ1) is 17.6. The van der Waals surface area contributed by atoms with Crippen LogP contribution in [0.2, 0.25) is 0 Å². The average Bonchev–Trinajstić information content (AvgIpc) is 3.32. The second-order valence-electron chi connectivity index (χ2n) is 7.31. The van der Waals surface area contributed by atoms with Gasteiger partial charge < -0.3 is 10.1 Å². The van der Waals surface area contributed by atoms with Gasteiger partial charge in [0.25, 0.3) is 5.91 Å². The van der Waals surface area contributed by atoms with E-state index in [1.807, 2.05) is 73.7 Å². The number of nitrogens with one attached hydrogen (secondary N) is 1. The highest BCUT2D eigenvalue weighted by Crippen LogP contribution is 2.47. The second-order valence-corrected chi connectivity index (χ2v) is 7.31. The van der Waals surface area contributed by atoms with E-state index in [4.69, 9.17) is 0 Å². The van der Waals surface area contributed by atoms with Gasteiger partial charge in [0.05, 0.1) is 17.1 Å².